The van der Waals surface area contributed by atoms with Crippen molar-refractivity contribution in [1.82, 2.24) is 20.4 Å². The zero-order valence-electron chi connectivity index (χ0n) is 12.9. The van der Waals surface area contributed by atoms with Gasteiger partial charge in [-0.25, -0.2) is 0 Å². The van der Waals surface area contributed by atoms with Gasteiger partial charge in [0.1, 0.15) is 0 Å². The van der Waals surface area contributed by atoms with Gasteiger partial charge in [-0.15, -0.1) is 5.10 Å². The van der Waals surface area contributed by atoms with Gasteiger partial charge in [0, 0.05) is 32.8 Å². The number of aliphatic hydroxyl groups excluding tert-OH is 1. The van der Waals surface area contributed by atoms with E-state index < -0.39 is 0 Å². The second-order valence-corrected chi connectivity index (χ2v) is 5.61. The van der Waals surface area contributed by atoms with Gasteiger partial charge < -0.3 is 29.4 Å². The molecule has 2 N–H and O–H groups in total. The highest BCUT2D eigenvalue weighted by Crippen LogP contribution is 2.25. The lowest BCUT2D eigenvalue weighted by Crippen LogP contribution is -2.37. The average molecular weight is 299 g/mol. The van der Waals surface area contributed by atoms with Gasteiger partial charge in [0.15, 0.2) is 0 Å². The Hall–Kier alpha value is -1.22. The molecule has 1 aliphatic heterocycles. The van der Waals surface area contributed by atoms with E-state index in [9.17, 15) is 5.11 Å². The van der Waals surface area contributed by atoms with Crippen LogP contribution in [0.1, 0.15) is 12.3 Å². The average Bonchev–Trinajstić information content (AvgIpc) is 3.01. The fraction of sp³-hybridized carbons (Fsp3) is 0.846. The van der Waals surface area contributed by atoms with Crippen LogP contribution in [0.25, 0.3) is 0 Å². The maximum absolute atomic E-state index is 9.88. The molecule has 0 spiro atoms. The lowest BCUT2D eigenvalue weighted by Gasteiger charge is -2.24. The molecule has 1 aromatic rings. The SMILES string of the molecule is COCCNCc1nnc(N2CC(O)CC2CN(C)C)o1. The highest BCUT2D eigenvalue weighted by atomic mass is 16.5. The van der Waals surface area contributed by atoms with Crippen LogP contribution in [-0.4, -0.2) is 79.8 Å². The molecule has 0 aromatic carbocycles. The number of nitrogens with zero attached hydrogens (tertiary/aromatic N) is 4. The van der Waals surface area contributed by atoms with Gasteiger partial charge in [0.25, 0.3) is 0 Å². The van der Waals surface area contributed by atoms with Crippen LogP contribution in [0.2, 0.25) is 0 Å². The Morgan fingerprint density at radius 3 is 3.00 bits per heavy atom. The number of aromatic nitrogens is 2. The van der Waals surface area contributed by atoms with Crippen LogP contribution in [0.15, 0.2) is 4.42 Å². The number of ether oxygens (including phenoxy) is 1. The molecule has 1 saturated heterocycles. The van der Waals surface area contributed by atoms with Crippen molar-refractivity contribution in [3.8, 4) is 0 Å². The van der Waals surface area contributed by atoms with Crippen LogP contribution in [0.4, 0.5) is 6.01 Å². The van der Waals surface area contributed by atoms with Crippen LogP contribution in [-0.2, 0) is 11.3 Å². The molecular weight excluding hydrogens is 274 g/mol. The molecular formula is C13H25N5O3. The monoisotopic (exact) mass is 299 g/mol. The van der Waals surface area contributed by atoms with Gasteiger partial charge in [0.2, 0.25) is 5.89 Å². The minimum absolute atomic E-state index is 0.199. The Kier molecular flexibility index (Phi) is 5.92. The summed E-state index contributed by atoms with van der Waals surface area (Å²) in [5.41, 5.74) is 0. The first-order valence-corrected chi connectivity index (χ1v) is 7.21. The molecule has 0 radical (unpaired) electrons. The van der Waals surface area contributed by atoms with Crippen LogP contribution in [0.5, 0.6) is 0 Å². The van der Waals surface area contributed by atoms with E-state index in [-0.39, 0.29) is 12.1 Å². The van der Waals surface area contributed by atoms with E-state index in [4.69, 9.17) is 9.15 Å². The maximum Gasteiger partial charge on any atom is 0.318 e. The number of hydrogen-bond acceptors (Lipinski definition) is 8. The molecule has 0 saturated carbocycles. The van der Waals surface area contributed by atoms with Gasteiger partial charge >= 0.3 is 6.01 Å². The van der Waals surface area contributed by atoms with Crippen molar-refractivity contribution in [2.45, 2.75) is 25.1 Å². The number of nitrogens with one attached hydrogen (secondary N) is 1. The summed E-state index contributed by atoms with van der Waals surface area (Å²) in [7, 11) is 5.69. The topological polar surface area (TPSA) is 86.9 Å². The molecule has 8 heteroatoms. The second-order valence-electron chi connectivity index (χ2n) is 5.61. The zero-order chi connectivity index (χ0) is 15.2. The Labute approximate surface area is 125 Å². The van der Waals surface area contributed by atoms with E-state index in [1.807, 2.05) is 19.0 Å². The molecule has 21 heavy (non-hydrogen) atoms. The van der Waals surface area contributed by atoms with E-state index >= 15 is 0 Å². The predicted octanol–water partition coefficient (Wildman–Crippen LogP) is -0.693. The predicted molar refractivity (Wildman–Crippen MR) is 78.2 cm³/mol. The standard InChI is InChI=1S/C13H25N5O3/c1-17(2)8-10-6-11(19)9-18(10)13-16-15-12(21-13)7-14-4-5-20-3/h10-11,14,19H,4-9H2,1-3H3. The Morgan fingerprint density at radius 1 is 1.48 bits per heavy atom. The minimum atomic E-state index is -0.342. The minimum Gasteiger partial charge on any atom is -0.407 e. The fourth-order valence-electron chi connectivity index (χ4n) is 2.52. The third-order valence-corrected chi connectivity index (χ3v) is 3.43. The number of likely N-dealkylation sites (N-methyl/N-ethyl adjacent to an activating group) is 1. The summed E-state index contributed by atoms with van der Waals surface area (Å²) in [6.45, 7) is 3.29. The van der Waals surface area contributed by atoms with Crippen molar-refractivity contribution < 1.29 is 14.3 Å². The summed E-state index contributed by atoms with van der Waals surface area (Å²) in [5, 5.41) is 21.2. The van der Waals surface area contributed by atoms with Crippen molar-refractivity contribution in [2.24, 2.45) is 0 Å². The number of hydrogen-bond donors (Lipinski definition) is 2. The first-order valence-electron chi connectivity index (χ1n) is 7.21. The molecule has 120 valence electrons. The van der Waals surface area contributed by atoms with Crippen LogP contribution >= 0.6 is 0 Å². The van der Waals surface area contributed by atoms with Crippen LogP contribution in [0.3, 0.4) is 0 Å². The molecule has 1 aromatic heterocycles. The molecule has 2 heterocycles. The van der Waals surface area contributed by atoms with Gasteiger partial charge in [-0.1, -0.05) is 5.10 Å². The maximum atomic E-state index is 9.88. The second kappa shape index (κ2) is 7.69. The van der Waals surface area contributed by atoms with E-state index in [1.165, 1.54) is 0 Å². The van der Waals surface area contributed by atoms with Gasteiger partial charge in [-0.05, 0) is 20.5 Å². The third-order valence-electron chi connectivity index (χ3n) is 3.43. The Morgan fingerprint density at radius 2 is 2.29 bits per heavy atom. The van der Waals surface area contributed by atoms with E-state index in [0.717, 1.165) is 19.5 Å². The lowest BCUT2D eigenvalue weighted by molar-refractivity contribution is 0.191. The lowest BCUT2D eigenvalue weighted by atomic mass is 10.2. The van der Waals surface area contributed by atoms with E-state index in [2.05, 4.69) is 20.4 Å². The smallest absolute Gasteiger partial charge is 0.318 e. The summed E-state index contributed by atoms with van der Waals surface area (Å²) in [6.07, 6.45) is 0.382. The van der Waals surface area contributed by atoms with Crippen molar-refractivity contribution in [3.63, 3.8) is 0 Å². The molecule has 0 aliphatic carbocycles. The zero-order valence-corrected chi connectivity index (χ0v) is 12.9. The molecule has 0 amide bonds. The molecule has 2 rings (SSSR count). The summed E-state index contributed by atoms with van der Waals surface area (Å²) >= 11 is 0. The highest BCUT2D eigenvalue weighted by molar-refractivity contribution is 5.30. The summed E-state index contributed by atoms with van der Waals surface area (Å²) in [4.78, 5) is 4.09. The number of anilines is 1. The Balaban J connectivity index is 1.92. The highest BCUT2D eigenvalue weighted by Gasteiger charge is 2.34. The van der Waals surface area contributed by atoms with Crippen molar-refractivity contribution >= 4 is 6.01 Å². The van der Waals surface area contributed by atoms with Gasteiger partial charge in [-0.3, -0.25) is 0 Å². The summed E-state index contributed by atoms with van der Waals surface area (Å²) in [5.74, 6) is 0.547. The molecule has 1 fully saturated rings. The Bertz CT molecular complexity index is 426. The number of methoxy groups -OCH3 is 1. The largest absolute Gasteiger partial charge is 0.407 e. The van der Waals surface area contributed by atoms with Crippen molar-refractivity contribution in [1.29, 1.82) is 0 Å². The van der Waals surface area contributed by atoms with E-state index in [0.29, 0.717) is 31.6 Å². The molecule has 1 aliphatic rings. The molecule has 8 nitrogen and oxygen atoms in total. The fourth-order valence-corrected chi connectivity index (χ4v) is 2.52. The van der Waals surface area contributed by atoms with Crippen LogP contribution < -0.4 is 10.2 Å². The number of aliphatic hydroxyl groups is 1. The molecule has 2 atom stereocenters. The summed E-state index contributed by atoms with van der Waals surface area (Å²) < 4.78 is 10.6. The summed E-state index contributed by atoms with van der Waals surface area (Å²) in [6, 6.07) is 0.687. The van der Waals surface area contributed by atoms with Gasteiger partial charge in [0.05, 0.1) is 19.3 Å². The normalized spacial score (nSPS) is 22.4. The van der Waals surface area contributed by atoms with E-state index in [1.54, 1.807) is 7.11 Å². The number of β-amino-alcohol motifs (C(OH)–C–C–N with tert-alkyl or cyclic N) is 1. The quantitative estimate of drug-likeness (QED) is 0.610. The first-order chi connectivity index (χ1) is 10.1. The van der Waals surface area contributed by atoms with Crippen molar-refractivity contribution in [3.05, 3.63) is 5.89 Å². The number of rotatable bonds is 8. The molecule has 2 unspecified atom stereocenters. The van der Waals surface area contributed by atoms with Crippen molar-refractivity contribution in [2.75, 3.05) is 52.3 Å². The first kappa shape index (κ1) is 16.2. The third kappa shape index (κ3) is 4.63. The van der Waals surface area contributed by atoms with Crippen LogP contribution in [0, 0.1) is 0 Å². The molecule has 0 bridgehead atoms. The van der Waals surface area contributed by atoms with Gasteiger partial charge in [-0.2, -0.15) is 0 Å².